The molecule has 0 aliphatic heterocycles. The normalized spacial score (nSPS) is 10.6. The van der Waals surface area contributed by atoms with Crippen LogP contribution in [0.3, 0.4) is 0 Å². The summed E-state index contributed by atoms with van der Waals surface area (Å²) in [6.45, 7) is 0. The first kappa shape index (κ1) is 12.6. The minimum absolute atomic E-state index is 0. The van der Waals surface area contributed by atoms with Crippen molar-refractivity contribution in [3.8, 4) is 0 Å². The second kappa shape index (κ2) is 4.77. The van der Waals surface area contributed by atoms with E-state index in [0.717, 1.165) is 9.13 Å². The summed E-state index contributed by atoms with van der Waals surface area (Å²) in [5.41, 5.74) is 1.14. The van der Waals surface area contributed by atoms with Crippen LogP contribution in [0.25, 0.3) is 6.08 Å². The molecule has 1 nitrogen and oxygen atoms in total. The van der Waals surface area contributed by atoms with Gasteiger partial charge in [-0.25, -0.2) is 4.79 Å². The predicted molar refractivity (Wildman–Crippen MR) is 70.9 cm³/mol. The van der Waals surface area contributed by atoms with E-state index in [1.807, 2.05) is 30.2 Å². The molecular weight excluding hydrogens is 370 g/mol. The van der Waals surface area contributed by atoms with Gasteiger partial charge in [0.25, 0.3) is 0 Å². The van der Waals surface area contributed by atoms with Crippen LogP contribution >= 0.6 is 22.6 Å². The number of halogens is 1. The third kappa shape index (κ3) is 1.89. The molecule has 0 fully saturated rings. The molecule has 0 atom stereocenters. The minimum atomic E-state index is 0. The third-order valence-corrected chi connectivity index (χ3v) is 4.00. The Morgan fingerprint density at radius 3 is 2.53 bits per heavy atom. The molecular formula is C14H7INiO+2. The molecule has 2 aromatic rings. The molecule has 3 heteroatoms. The molecule has 0 saturated heterocycles. The van der Waals surface area contributed by atoms with E-state index in [0.29, 0.717) is 5.22 Å². The zero-order valence-corrected chi connectivity index (χ0v) is 11.8. The van der Waals surface area contributed by atoms with Crippen molar-refractivity contribution in [1.82, 2.24) is 0 Å². The molecule has 17 heavy (non-hydrogen) atoms. The molecule has 1 aliphatic rings. The van der Waals surface area contributed by atoms with E-state index in [1.165, 1.54) is 15.7 Å². The monoisotopic (exact) mass is 376 g/mol. The van der Waals surface area contributed by atoms with Crippen LogP contribution in [0.15, 0.2) is 36.4 Å². The van der Waals surface area contributed by atoms with E-state index < -0.39 is 0 Å². The summed E-state index contributed by atoms with van der Waals surface area (Å²) in [7, 11) is 0. The Morgan fingerprint density at radius 2 is 1.76 bits per heavy atom. The molecule has 3 rings (SSSR count). The number of carbonyl (C=O) groups excluding carboxylic acids is 1. The molecule has 0 radical (unpaired) electrons. The minimum Gasteiger partial charge on any atom is -0.233 e. The van der Waals surface area contributed by atoms with Crippen molar-refractivity contribution >= 4 is 34.6 Å². The number of benzene rings is 2. The van der Waals surface area contributed by atoms with Crippen molar-refractivity contribution in [1.29, 1.82) is 0 Å². The standard InChI is InChI=1S/C14H7IO.Ni/c15-14-10(8-16)5-6-12-11-4-2-1-3-9(11)7-13(12)14;/h1-7H;/q;+2. The molecule has 0 aromatic heterocycles. The molecule has 0 unspecified atom stereocenters. The van der Waals surface area contributed by atoms with Crippen LogP contribution in [0.2, 0.25) is 0 Å². The van der Waals surface area contributed by atoms with Gasteiger partial charge in [0.2, 0.25) is 0 Å². The van der Waals surface area contributed by atoms with Gasteiger partial charge in [0.1, 0.15) is 5.94 Å². The Morgan fingerprint density at radius 1 is 1.00 bits per heavy atom. The Bertz CT molecular complexity index is 820. The largest absolute Gasteiger partial charge is 2.00 e. The smallest absolute Gasteiger partial charge is 0.233 e. The van der Waals surface area contributed by atoms with E-state index in [1.54, 1.807) is 0 Å². The van der Waals surface area contributed by atoms with Crippen molar-refractivity contribution in [2.24, 2.45) is 0 Å². The van der Waals surface area contributed by atoms with Crippen molar-refractivity contribution in [2.45, 2.75) is 0 Å². The van der Waals surface area contributed by atoms with Gasteiger partial charge in [0.15, 0.2) is 0 Å². The molecule has 0 bridgehead atoms. The van der Waals surface area contributed by atoms with E-state index >= 15 is 0 Å². The van der Waals surface area contributed by atoms with Crippen molar-refractivity contribution in [3.63, 3.8) is 0 Å². The molecule has 0 heterocycles. The van der Waals surface area contributed by atoms with E-state index in [-0.39, 0.29) is 16.5 Å². The van der Waals surface area contributed by atoms with Gasteiger partial charge in [-0.2, -0.15) is 0 Å². The van der Waals surface area contributed by atoms with Crippen LogP contribution in [0.1, 0.15) is 5.56 Å². The first-order chi connectivity index (χ1) is 7.81. The van der Waals surface area contributed by atoms with Gasteiger partial charge < -0.3 is 0 Å². The fraction of sp³-hybridized carbons (Fsp3) is 0. The number of hydrogen-bond acceptors (Lipinski definition) is 1. The van der Waals surface area contributed by atoms with E-state index in [4.69, 9.17) is 0 Å². The molecule has 0 N–H and O–H groups in total. The fourth-order valence-corrected chi connectivity index (χ4v) is 2.81. The quantitative estimate of drug-likeness (QED) is 0.426. The fourth-order valence-electron chi connectivity index (χ4n) is 2.07. The summed E-state index contributed by atoms with van der Waals surface area (Å²) in [5, 5.41) is 4.31. The van der Waals surface area contributed by atoms with Gasteiger partial charge in [-0.1, -0.05) is 30.3 Å². The van der Waals surface area contributed by atoms with Crippen LogP contribution in [0.4, 0.5) is 0 Å². The average molecular weight is 377 g/mol. The summed E-state index contributed by atoms with van der Waals surface area (Å²) in [5.74, 6) is 1.97. The number of fused-ring (bicyclic) bond motifs is 2. The molecule has 0 spiro atoms. The van der Waals surface area contributed by atoms with Crippen molar-refractivity contribution in [2.75, 3.05) is 0 Å². The number of hydrogen-bond donors (Lipinski definition) is 0. The van der Waals surface area contributed by atoms with Crippen LogP contribution in [-0.4, -0.2) is 5.94 Å². The first-order valence-corrected chi connectivity index (χ1v) is 6.04. The van der Waals surface area contributed by atoms with Gasteiger partial charge in [-0.05, 0) is 56.0 Å². The average Bonchev–Trinajstić information content (AvgIpc) is 2.69. The Balaban J connectivity index is 0.00000108. The molecule has 2 aromatic carbocycles. The van der Waals surface area contributed by atoms with Gasteiger partial charge in [0, 0.05) is 3.57 Å². The van der Waals surface area contributed by atoms with Crippen LogP contribution < -0.4 is 10.4 Å². The van der Waals surface area contributed by atoms with Gasteiger partial charge in [-0.3, -0.25) is 0 Å². The Kier molecular flexibility index (Phi) is 3.53. The second-order valence-electron chi connectivity index (χ2n) is 3.72. The maximum atomic E-state index is 10.8. The third-order valence-electron chi connectivity index (χ3n) is 2.84. The molecule has 84 valence electrons. The summed E-state index contributed by atoms with van der Waals surface area (Å²) >= 11 is 2.21. The molecule has 1 aliphatic carbocycles. The maximum absolute atomic E-state index is 10.8. The van der Waals surface area contributed by atoms with Crippen LogP contribution in [-0.2, 0) is 21.3 Å². The molecule has 0 amide bonds. The number of rotatable bonds is 0. The Labute approximate surface area is 122 Å². The Hall–Kier alpha value is -0.886. The van der Waals surface area contributed by atoms with E-state index in [9.17, 15) is 4.79 Å². The maximum Gasteiger partial charge on any atom is 2.00 e. The van der Waals surface area contributed by atoms with Crippen molar-refractivity contribution < 1.29 is 21.3 Å². The zero-order chi connectivity index (χ0) is 11.1. The first-order valence-electron chi connectivity index (χ1n) is 4.96. The summed E-state index contributed by atoms with van der Waals surface area (Å²) in [6.07, 6.45) is 2.13. The van der Waals surface area contributed by atoms with Gasteiger partial charge >= 0.3 is 16.5 Å². The van der Waals surface area contributed by atoms with Crippen LogP contribution in [0, 0.1) is 14.0 Å². The second-order valence-corrected chi connectivity index (χ2v) is 4.80. The van der Waals surface area contributed by atoms with Gasteiger partial charge in [-0.15, -0.1) is 0 Å². The summed E-state index contributed by atoms with van der Waals surface area (Å²) in [4.78, 5) is 10.8. The zero-order valence-electron chi connectivity index (χ0n) is 8.64. The van der Waals surface area contributed by atoms with Crippen LogP contribution in [0.5, 0.6) is 0 Å². The summed E-state index contributed by atoms with van der Waals surface area (Å²) in [6, 6.07) is 12.1. The van der Waals surface area contributed by atoms with E-state index in [2.05, 4.69) is 40.8 Å². The van der Waals surface area contributed by atoms with Gasteiger partial charge in [0.05, 0.1) is 5.22 Å². The van der Waals surface area contributed by atoms with Crippen molar-refractivity contribution in [3.05, 3.63) is 66.4 Å². The molecule has 0 saturated carbocycles. The predicted octanol–water partition coefficient (Wildman–Crippen LogP) is 1.22. The topological polar surface area (TPSA) is 17.1 Å². The summed E-state index contributed by atoms with van der Waals surface area (Å²) < 4.78 is 0.987. The SMILES string of the molecule is O=C=c1ccc2c(c1I)C=c1ccccc1=2.[Ni+2].